The van der Waals surface area contributed by atoms with Crippen molar-refractivity contribution in [2.24, 2.45) is 0 Å². The molecule has 1 atom stereocenters. The van der Waals surface area contributed by atoms with Crippen LogP contribution in [0.2, 0.25) is 0 Å². The highest BCUT2D eigenvalue weighted by Crippen LogP contribution is 2.42. The van der Waals surface area contributed by atoms with Crippen molar-refractivity contribution in [2.45, 2.75) is 43.7 Å². The van der Waals surface area contributed by atoms with Crippen LogP contribution in [0.15, 0.2) is 41.5 Å². The molecular weight excluding hydrogens is 525 g/mol. The van der Waals surface area contributed by atoms with Crippen molar-refractivity contribution in [3.05, 3.63) is 58.4 Å². The van der Waals surface area contributed by atoms with Crippen molar-refractivity contribution in [1.29, 1.82) is 5.26 Å². The number of ether oxygens (including phenoxy) is 2. The molecule has 204 valence electrons. The van der Waals surface area contributed by atoms with Gasteiger partial charge in [-0.15, -0.1) is 0 Å². The molecule has 12 heteroatoms. The van der Waals surface area contributed by atoms with E-state index in [9.17, 15) is 19.2 Å². The summed E-state index contributed by atoms with van der Waals surface area (Å²) >= 11 is 1.15. The normalized spacial score (nSPS) is 18.5. The van der Waals surface area contributed by atoms with Crippen molar-refractivity contribution in [1.82, 2.24) is 13.9 Å². The second-order valence-electron chi connectivity index (χ2n) is 9.81. The monoisotopic (exact) mass is 553 g/mol. The Morgan fingerprint density at radius 2 is 2.13 bits per heavy atom. The Bertz CT molecular complexity index is 1500. The number of ketones is 1. The Balaban J connectivity index is 1.41. The number of Topliss-reactive ketones (excluding diaryl/α,β-unsaturated/α-hetero) is 1. The highest BCUT2D eigenvalue weighted by Gasteiger charge is 2.43. The fraction of sp³-hybridized carbons (Fsp3) is 0.407. The number of hydrogen-bond acceptors (Lipinski definition) is 10. The minimum Gasteiger partial charge on any atom is -0.453 e. The summed E-state index contributed by atoms with van der Waals surface area (Å²) in [5, 5.41) is 19.1. The van der Waals surface area contributed by atoms with Crippen LogP contribution in [0.5, 0.6) is 11.5 Å². The number of carbonyl (C=O) groups is 1. The third kappa shape index (κ3) is 5.62. The van der Waals surface area contributed by atoms with Crippen molar-refractivity contribution in [3.8, 4) is 17.6 Å². The summed E-state index contributed by atoms with van der Waals surface area (Å²) in [6, 6.07) is 9.07. The maximum Gasteiger partial charge on any atom is 0.261 e. The van der Waals surface area contributed by atoms with Gasteiger partial charge in [0, 0.05) is 31.5 Å². The van der Waals surface area contributed by atoms with Gasteiger partial charge in [-0.1, -0.05) is 0 Å². The molecule has 2 aliphatic rings. The first-order valence-corrected chi connectivity index (χ1v) is 13.4. The van der Waals surface area contributed by atoms with Gasteiger partial charge in [0.1, 0.15) is 23.2 Å². The summed E-state index contributed by atoms with van der Waals surface area (Å²) in [4.78, 5) is 29.6. The van der Waals surface area contributed by atoms with Crippen LogP contribution >= 0.6 is 12.1 Å². The topological polar surface area (TPSA) is 130 Å². The summed E-state index contributed by atoms with van der Waals surface area (Å²) in [5.74, 6) is -0.570. The van der Waals surface area contributed by atoms with E-state index in [1.54, 1.807) is 28.1 Å². The van der Waals surface area contributed by atoms with E-state index in [0.29, 0.717) is 61.8 Å². The minimum absolute atomic E-state index is 0.0389. The zero-order chi connectivity index (χ0) is 27.6. The number of likely N-dealkylation sites (N-methyl/N-ethyl adjacent to an activating group) is 1. The lowest BCUT2D eigenvalue weighted by atomic mass is 9.81. The van der Waals surface area contributed by atoms with Crippen molar-refractivity contribution in [2.75, 3.05) is 31.5 Å². The van der Waals surface area contributed by atoms with Crippen LogP contribution in [0, 0.1) is 17.1 Å². The van der Waals surface area contributed by atoms with Gasteiger partial charge in [0.05, 0.1) is 47.8 Å². The van der Waals surface area contributed by atoms with Crippen LogP contribution in [0.1, 0.15) is 43.7 Å². The van der Waals surface area contributed by atoms with Crippen molar-refractivity contribution >= 4 is 34.5 Å². The van der Waals surface area contributed by atoms with Crippen LogP contribution in [0.3, 0.4) is 0 Å². The van der Waals surface area contributed by atoms with Gasteiger partial charge in [-0.2, -0.15) is 5.26 Å². The Hall–Kier alpha value is -3.50. The lowest BCUT2D eigenvalue weighted by molar-refractivity contribution is -0.126. The Morgan fingerprint density at radius 1 is 1.33 bits per heavy atom. The van der Waals surface area contributed by atoms with Gasteiger partial charge in [0.15, 0.2) is 11.6 Å². The molecule has 2 N–H and O–H groups in total. The van der Waals surface area contributed by atoms with Gasteiger partial charge in [0.2, 0.25) is 0 Å². The second-order valence-corrected chi connectivity index (χ2v) is 10.8. The van der Waals surface area contributed by atoms with E-state index in [-0.39, 0.29) is 46.7 Å². The molecule has 0 amide bonds. The number of hydrogen-bond donors (Lipinski definition) is 2. The maximum atomic E-state index is 14.8. The molecule has 3 aromatic rings. The summed E-state index contributed by atoms with van der Waals surface area (Å²) in [5.41, 5.74) is 0.104. The molecule has 5 rings (SSSR count). The van der Waals surface area contributed by atoms with Gasteiger partial charge in [-0.3, -0.25) is 14.2 Å². The standard InChI is InChI=1S/C27H28FN5O5S/c1-32(10-11-34)39-31-24-5-3-22(28)25(21(24)14-29)38-19-2-4-23-20(12-19)26(36)33(16-30-23)17-13-27(37-15-17)8-6-18(35)7-9-27/h2-5,12,16-17,31,34H,6-11,13,15H2,1H3. The number of halogens is 1. The summed E-state index contributed by atoms with van der Waals surface area (Å²) in [6.07, 6.45) is 4.45. The molecule has 1 unspecified atom stereocenters. The van der Waals surface area contributed by atoms with Gasteiger partial charge >= 0.3 is 0 Å². The predicted molar refractivity (Wildman–Crippen MR) is 144 cm³/mol. The summed E-state index contributed by atoms with van der Waals surface area (Å²) in [7, 11) is 1.75. The molecular formula is C27H28FN5O5S. The first kappa shape index (κ1) is 27.1. The maximum absolute atomic E-state index is 14.8. The number of carbonyl (C=O) groups excluding carboxylic acids is 1. The zero-order valence-electron chi connectivity index (χ0n) is 21.4. The molecule has 1 aromatic heterocycles. The Labute approximate surface area is 228 Å². The van der Waals surface area contributed by atoms with Gasteiger partial charge in [-0.25, -0.2) is 13.7 Å². The van der Waals surface area contributed by atoms with E-state index in [0.717, 1.165) is 12.1 Å². The Kier molecular flexibility index (Phi) is 7.86. The number of nitrogens with zero attached hydrogens (tertiary/aromatic N) is 4. The number of rotatable bonds is 8. The molecule has 0 radical (unpaired) electrons. The third-order valence-electron chi connectivity index (χ3n) is 7.22. The average Bonchev–Trinajstić information content (AvgIpc) is 3.34. The predicted octanol–water partition coefficient (Wildman–Crippen LogP) is 3.94. The molecule has 1 aliphatic heterocycles. The van der Waals surface area contributed by atoms with Crippen LogP contribution in [0.4, 0.5) is 10.1 Å². The number of fused-ring (bicyclic) bond motifs is 1. The number of benzene rings is 2. The van der Waals surface area contributed by atoms with E-state index in [4.69, 9.17) is 14.6 Å². The molecule has 1 saturated heterocycles. The number of aliphatic hydroxyl groups is 1. The number of nitrogens with one attached hydrogen (secondary N) is 1. The highest BCUT2D eigenvalue weighted by atomic mass is 32.2. The molecule has 2 fully saturated rings. The molecule has 1 saturated carbocycles. The summed E-state index contributed by atoms with van der Waals surface area (Å²) < 4.78 is 33.0. The highest BCUT2D eigenvalue weighted by molar-refractivity contribution is 7.98. The average molecular weight is 554 g/mol. The van der Waals surface area contributed by atoms with Crippen LogP contribution < -0.4 is 15.0 Å². The number of aromatic nitrogens is 2. The van der Waals surface area contributed by atoms with Crippen LogP contribution in [-0.2, 0) is 9.53 Å². The lowest BCUT2D eigenvalue weighted by Crippen LogP contribution is -2.34. The van der Waals surface area contributed by atoms with Crippen molar-refractivity contribution < 1.29 is 23.8 Å². The molecule has 1 spiro atoms. The van der Waals surface area contributed by atoms with Crippen LogP contribution in [-0.4, -0.2) is 57.2 Å². The Morgan fingerprint density at radius 3 is 2.87 bits per heavy atom. The van der Waals surface area contributed by atoms with Gasteiger partial charge < -0.3 is 19.3 Å². The van der Waals surface area contributed by atoms with E-state index < -0.39 is 5.82 Å². The number of nitriles is 1. The van der Waals surface area contributed by atoms with E-state index in [2.05, 4.69) is 9.71 Å². The fourth-order valence-electron chi connectivity index (χ4n) is 5.05. The molecule has 1 aliphatic carbocycles. The zero-order valence-corrected chi connectivity index (χ0v) is 22.2. The molecule has 39 heavy (non-hydrogen) atoms. The quantitative estimate of drug-likeness (QED) is 0.396. The van der Waals surface area contributed by atoms with Crippen LogP contribution in [0.25, 0.3) is 10.9 Å². The smallest absolute Gasteiger partial charge is 0.261 e. The van der Waals surface area contributed by atoms with Gasteiger partial charge in [0.25, 0.3) is 5.56 Å². The summed E-state index contributed by atoms with van der Waals surface area (Å²) in [6.45, 7) is 0.710. The molecule has 0 bridgehead atoms. The first-order chi connectivity index (χ1) is 18.8. The van der Waals surface area contributed by atoms with Gasteiger partial charge in [-0.05, 0) is 56.6 Å². The number of anilines is 1. The SMILES string of the molecule is CN(CCO)SNc1ccc(F)c(Oc2ccc3ncn(C4COC5(CCC(=O)CC5)C4)c(=O)c3c2)c1C#N. The number of aliphatic hydroxyl groups excluding tert-OH is 1. The minimum atomic E-state index is -0.728. The molecule has 10 nitrogen and oxygen atoms in total. The second kappa shape index (κ2) is 11.3. The van der Waals surface area contributed by atoms with E-state index in [1.165, 1.54) is 24.5 Å². The first-order valence-electron chi connectivity index (χ1n) is 12.6. The van der Waals surface area contributed by atoms with E-state index >= 15 is 0 Å². The lowest BCUT2D eigenvalue weighted by Gasteiger charge is -2.31. The molecule has 2 heterocycles. The van der Waals surface area contributed by atoms with Crippen molar-refractivity contribution in [3.63, 3.8) is 0 Å². The molecule has 2 aromatic carbocycles. The fourth-order valence-corrected chi connectivity index (χ4v) is 5.65. The largest absolute Gasteiger partial charge is 0.453 e. The van der Waals surface area contributed by atoms with E-state index in [1.807, 2.05) is 6.07 Å². The third-order valence-corrected chi connectivity index (χ3v) is 8.03.